The molecule has 6 heteroatoms. The number of anilines is 1. The molecule has 0 fully saturated rings. The summed E-state index contributed by atoms with van der Waals surface area (Å²) in [5.74, 6) is 0.641. The number of aromatic nitrogens is 3. The Morgan fingerprint density at radius 2 is 1.77 bits per heavy atom. The number of nitrogens with zero attached hydrogens (tertiary/aromatic N) is 4. The molecule has 30 heavy (non-hydrogen) atoms. The number of carbonyl (C=O) groups excluding carboxylic acids is 1. The van der Waals surface area contributed by atoms with Gasteiger partial charge in [0.1, 0.15) is 5.82 Å². The molecule has 4 rings (SSSR count). The topological polar surface area (TPSA) is 63.1 Å². The molecule has 2 aromatic carbocycles. The van der Waals surface area contributed by atoms with E-state index in [1.807, 2.05) is 80.0 Å². The minimum atomic E-state index is -0.238. The highest BCUT2D eigenvalue weighted by molar-refractivity contribution is 5.95. The van der Waals surface area contributed by atoms with Gasteiger partial charge in [0, 0.05) is 44.8 Å². The van der Waals surface area contributed by atoms with Gasteiger partial charge in [0.05, 0.1) is 22.6 Å². The fourth-order valence-corrected chi connectivity index (χ4v) is 3.57. The lowest BCUT2D eigenvalue weighted by molar-refractivity contribution is 0.0937. The molecule has 0 aliphatic carbocycles. The first-order valence-electron chi connectivity index (χ1n) is 9.89. The normalized spacial score (nSPS) is 12.0. The molecule has 0 saturated heterocycles. The van der Waals surface area contributed by atoms with E-state index >= 15 is 0 Å². The van der Waals surface area contributed by atoms with Crippen LogP contribution < -0.4 is 10.2 Å². The Balaban J connectivity index is 1.54. The van der Waals surface area contributed by atoms with Crippen LogP contribution in [-0.2, 0) is 7.05 Å². The smallest absolute Gasteiger partial charge is 0.253 e. The number of imidazole rings is 1. The number of hydrogen-bond acceptors (Lipinski definition) is 4. The van der Waals surface area contributed by atoms with E-state index < -0.39 is 0 Å². The maximum absolute atomic E-state index is 12.9. The highest BCUT2D eigenvalue weighted by Crippen LogP contribution is 2.23. The lowest BCUT2D eigenvalue weighted by Gasteiger charge is -2.15. The third-order valence-electron chi connectivity index (χ3n) is 5.27. The van der Waals surface area contributed by atoms with E-state index in [4.69, 9.17) is 0 Å². The van der Waals surface area contributed by atoms with Crippen LogP contribution in [0.5, 0.6) is 0 Å². The van der Waals surface area contributed by atoms with E-state index in [-0.39, 0.29) is 11.9 Å². The zero-order chi connectivity index (χ0) is 21.3. The lowest BCUT2D eigenvalue weighted by atomic mass is 10.1. The Hall–Kier alpha value is -3.67. The Labute approximate surface area is 176 Å². The molecule has 6 nitrogen and oxygen atoms in total. The number of hydrogen-bond donors (Lipinski definition) is 1. The second-order valence-electron chi connectivity index (χ2n) is 7.62. The minimum absolute atomic E-state index is 0.172. The Morgan fingerprint density at radius 3 is 2.47 bits per heavy atom. The van der Waals surface area contributed by atoms with Crippen molar-refractivity contribution in [2.45, 2.75) is 13.0 Å². The van der Waals surface area contributed by atoms with Crippen LogP contribution in [0.15, 0.2) is 67.0 Å². The number of nitrogens with one attached hydrogen (secondary N) is 1. The van der Waals surface area contributed by atoms with Crippen LogP contribution in [0.1, 0.15) is 29.1 Å². The fourth-order valence-electron chi connectivity index (χ4n) is 3.57. The monoisotopic (exact) mass is 399 g/mol. The van der Waals surface area contributed by atoms with E-state index in [0.717, 1.165) is 33.7 Å². The fraction of sp³-hybridized carbons (Fsp3) is 0.208. The second-order valence-corrected chi connectivity index (χ2v) is 7.62. The van der Waals surface area contributed by atoms with Gasteiger partial charge in [-0.25, -0.2) is 4.98 Å². The van der Waals surface area contributed by atoms with Gasteiger partial charge in [-0.15, -0.1) is 0 Å². The molecular weight excluding hydrogens is 374 g/mol. The summed E-state index contributed by atoms with van der Waals surface area (Å²) in [6.07, 6.45) is 3.37. The largest absolute Gasteiger partial charge is 0.378 e. The van der Waals surface area contributed by atoms with Gasteiger partial charge in [0.15, 0.2) is 0 Å². The van der Waals surface area contributed by atoms with Crippen molar-refractivity contribution in [3.05, 3.63) is 78.4 Å². The van der Waals surface area contributed by atoms with Crippen LogP contribution in [0.3, 0.4) is 0 Å². The van der Waals surface area contributed by atoms with Crippen molar-refractivity contribution in [3.8, 4) is 11.1 Å². The molecule has 1 amide bonds. The summed E-state index contributed by atoms with van der Waals surface area (Å²) in [5.41, 5.74) is 5.53. The summed E-state index contributed by atoms with van der Waals surface area (Å²) < 4.78 is 2.02. The molecule has 0 radical (unpaired) electrons. The standard InChI is InChI=1S/C24H25N5O/c1-16(23-27-21-7-5-6-8-22(21)29(23)4)26-24(30)19-13-18(14-25-15-19)17-9-11-20(12-10-17)28(2)3/h5-16H,1-4H3,(H,26,30)/t16-/m0/s1. The summed E-state index contributed by atoms with van der Waals surface area (Å²) in [6, 6.07) is 17.8. The number of pyridine rings is 1. The molecule has 0 spiro atoms. The molecule has 0 unspecified atom stereocenters. The van der Waals surface area contributed by atoms with Crippen LogP contribution in [0.4, 0.5) is 5.69 Å². The van der Waals surface area contributed by atoms with E-state index in [0.29, 0.717) is 5.56 Å². The number of amides is 1. The van der Waals surface area contributed by atoms with E-state index in [1.165, 1.54) is 0 Å². The number of benzene rings is 2. The van der Waals surface area contributed by atoms with E-state index in [1.54, 1.807) is 12.4 Å². The predicted octanol–water partition coefficient (Wildman–Crippen LogP) is 4.19. The number of carbonyl (C=O) groups is 1. The summed E-state index contributed by atoms with van der Waals surface area (Å²) in [5, 5.41) is 3.05. The van der Waals surface area contributed by atoms with Gasteiger partial charge in [-0.2, -0.15) is 0 Å². The number of aryl methyl sites for hydroxylation is 1. The second kappa shape index (κ2) is 7.99. The molecule has 0 aliphatic rings. The van der Waals surface area contributed by atoms with Gasteiger partial charge in [-0.05, 0) is 42.8 Å². The van der Waals surface area contributed by atoms with Gasteiger partial charge < -0.3 is 14.8 Å². The van der Waals surface area contributed by atoms with Crippen molar-refractivity contribution < 1.29 is 4.79 Å². The summed E-state index contributed by atoms with van der Waals surface area (Å²) in [4.78, 5) is 23.9. The van der Waals surface area contributed by atoms with E-state index in [9.17, 15) is 4.79 Å². The number of para-hydroxylation sites is 2. The molecule has 4 aromatic rings. The van der Waals surface area contributed by atoms with Crippen molar-refractivity contribution in [3.63, 3.8) is 0 Å². The Bertz CT molecular complexity index is 1190. The van der Waals surface area contributed by atoms with Gasteiger partial charge in [0.2, 0.25) is 0 Å². The van der Waals surface area contributed by atoms with Crippen LogP contribution in [0.25, 0.3) is 22.2 Å². The van der Waals surface area contributed by atoms with E-state index in [2.05, 4.69) is 27.4 Å². The molecule has 0 saturated carbocycles. The maximum Gasteiger partial charge on any atom is 0.253 e. The summed E-state index contributed by atoms with van der Waals surface area (Å²) in [6.45, 7) is 1.94. The highest BCUT2D eigenvalue weighted by Gasteiger charge is 2.18. The number of fused-ring (bicyclic) bond motifs is 1. The molecule has 2 heterocycles. The van der Waals surface area contributed by atoms with Crippen molar-refractivity contribution in [1.82, 2.24) is 19.9 Å². The molecular formula is C24H25N5O. The quantitative estimate of drug-likeness (QED) is 0.547. The zero-order valence-corrected chi connectivity index (χ0v) is 17.6. The maximum atomic E-state index is 12.9. The molecule has 0 aliphatic heterocycles. The molecule has 2 aromatic heterocycles. The predicted molar refractivity (Wildman–Crippen MR) is 121 cm³/mol. The van der Waals surface area contributed by atoms with Crippen LogP contribution in [0.2, 0.25) is 0 Å². The highest BCUT2D eigenvalue weighted by atomic mass is 16.1. The van der Waals surface area contributed by atoms with Crippen molar-refractivity contribution in [2.75, 3.05) is 19.0 Å². The summed E-state index contributed by atoms with van der Waals surface area (Å²) >= 11 is 0. The van der Waals surface area contributed by atoms with Crippen LogP contribution in [0, 0.1) is 0 Å². The average molecular weight is 399 g/mol. The van der Waals surface area contributed by atoms with Crippen LogP contribution >= 0.6 is 0 Å². The molecule has 152 valence electrons. The Kier molecular flexibility index (Phi) is 5.23. The van der Waals surface area contributed by atoms with Crippen molar-refractivity contribution in [1.29, 1.82) is 0 Å². The SMILES string of the molecule is C[C@H](NC(=O)c1cncc(-c2ccc(N(C)C)cc2)c1)c1nc2ccccc2n1C. The first-order chi connectivity index (χ1) is 14.4. The van der Waals surface area contributed by atoms with Crippen molar-refractivity contribution in [2.24, 2.45) is 7.05 Å². The average Bonchev–Trinajstić information content (AvgIpc) is 3.11. The molecule has 0 bridgehead atoms. The van der Waals surface area contributed by atoms with Crippen molar-refractivity contribution >= 4 is 22.6 Å². The van der Waals surface area contributed by atoms with Gasteiger partial charge in [-0.3, -0.25) is 9.78 Å². The van der Waals surface area contributed by atoms with Gasteiger partial charge >= 0.3 is 0 Å². The lowest BCUT2D eigenvalue weighted by Crippen LogP contribution is -2.28. The first kappa shape index (κ1) is 19.6. The molecule has 1 N–H and O–H groups in total. The zero-order valence-electron chi connectivity index (χ0n) is 17.6. The number of rotatable bonds is 5. The third kappa shape index (κ3) is 3.76. The van der Waals surface area contributed by atoms with Crippen LogP contribution in [-0.4, -0.2) is 34.5 Å². The Morgan fingerprint density at radius 1 is 1.03 bits per heavy atom. The minimum Gasteiger partial charge on any atom is -0.378 e. The summed E-state index contributed by atoms with van der Waals surface area (Å²) in [7, 11) is 5.98. The molecule has 1 atom stereocenters. The third-order valence-corrected chi connectivity index (χ3v) is 5.27. The van der Waals surface area contributed by atoms with Gasteiger partial charge in [0.25, 0.3) is 5.91 Å². The first-order valence-corrected chi connectivity index (χ1v) is 9.89. The van der Waals surface area contributed by atoms with Gasteiger partial charge in [-0.1, -0.05) is 24.3 Å².